The van der Waals surface area contributed by atoms with Crippen molar-refractivity contribution < 1.29 is 9.50 Å². The van der Waals surface area contributed by atoms with E-state index in [-0.39, 0.29) is 17.8 Å². The number of halogens is 1. The molecule has 1 aliphatic rings. The lowest BCUT2D eigenvalue weighted by Gasteiger charge is -2.18. The first-order chi connectivity index (χ1) is 8.65. The zero-order valence-electron chi connectivity index (χ0n) is 11.0. The summed E-state index contributed by atoms with van der Waals surface area (Å²) in [6.45, 7) is 3.27. The second-order valence-corrected chi connectivity index (χ2v) is 5.57. The Morgan fingerprint density at radius 3 is 2.72 bits per heavy atom. The maximum absolute atomic E-state index is 13.4. The predicted octanol–water partition coefficient (Wildman–Crippen LogP) is 2.51. The smallest absolute Gasteiger partial charge is 0.126 e. The first-order valence-corrected chi connectivity index (χ1v) is 6.73. The molecule has 0 radical (unpaired) electrons. The normalized spacial score (nSPS) is 18.6. The SMILES string of the molecule is CC(CCc1ccccc1F)NCC1(CO)CC1. The molecule has 18 heavy (non-hydrogen) atoms. The number of rotatable bonds is 7. The summed E-state index contributed by atoms with van der Waals surface area (Å²) in [6, 6.07) is 7.31. The third kappa shape index (κ3) is 3.53. The molecule has 100 valence electrons. The van der Waals surface area contributed by atoms with Crippen LogP contribution >= 0.6 is 0 Å². The summed E-state index contributed by atoms with van der Waals surface area (Å²) in [5.74, 6) is -0.112. The highest BCUT2D eigenvalue weighted by Gasteiger charge is 2.41. The molecule has 3 heteroatoms. The highest BCUT2D eigenvalue weighted by molar-refractivity contribution is 5.17. The fourth-order valence-electron chi connectivity index (χ4n) is 2.13. The van der Waals surface area contributed by atoms with Gasteiger partial charge in [-0.25, -0.2) is 4.39 Å². The molecule has 1 atom stereocenters. The number of nitrogens with one attached hydrogen (secondary N) is 1. The van der Waals surface area contributed by atoms with Crippen LogP contribution in [0.2, 0.25) is 0 Å². The van der Waals surface area contributed by atoms with Crippen LogP contribution in [-0.4, -0.2) is 24.3 Å². The van der Waals surface area contributed by atoms with Crippen molar-refractivity contribution in [3.63, 3.8) is 0 Å². The number of hydrogen-bond acceptors (Lipinski definition) is 2. The van der Waals surface area contributed by atoms with Crippen LogP contribution in [0.15, 0.2) is 24.3 Å². The summed E-state index contributed by atoms with van der Waals surface area (Å²) in [4.78, 5) is 0. The van der Waals surface area contributed by atoms with E-state index in [9.17, 15) is 9.50 Å². The molecule has 0 bridgehead atoms. The maximum Gasteiger partial charge on any atom is 0.126 e. The van der Waals surface area contributed by atoms with Gasteiger partial charge in [0.05, 0.1) is 0 Å². The Labute approximate surface area is 108 Å². The quantitative estimate of drug-likeness (QED) is 0.780. The van der Waals surface area contributed by atoms with Crippen molar-refractivity contribution in [3.8, 4) is 0 Å². The van der Waals surface area contributed by atoms with Gasteiger partial charge >= 0.3 is 0 Å². The van der Waals surface area contributed by atoms with Crippen LogP contribution in [0.4, 0.5) is 4.39 Å². The molecule has 2 N–H and O–H groups in total. The van der Waals surface area contributed by atoms with Crippen LogP contribution in [0.3, 0.4) is 0 Å². The van der Waals surface area contributed by atoms with E-state index in [1.165, 1.54) is 6.07 Å². The predicted molar refractivity (Wildman–Crippen MR) is 70.9 cm³/mol. The van der Waals surface area contributed by atoms with Crippen molar-refractivity contribution in [2.45, 2.75) is 38.6 Å². The van der Waals surface area contributed by atoms with E-state index >= 15 is 0 Å². The first-order valence-electron chi connectivity index (χ1n) is 6.73. The molecule has 1 aliphatic carbocycles. The Morgan fingerprint density at radius 1 is 1.39 bits per heavy atom. The van der Waals surface area contributed by atoms with E-state index in [2.05, 4.69) is 12.2 Å². The minimum Gasteiger partial charge on any atom is -0.396 e. The molecule has 2 rings (SSSR count). The monoisotopic (exact) mass is 251 g/mol. The first kappa shape index (κ1) is 13.5. The molecule has 0 aliphatic heterocycles. The lowest BCUT2D eigenvalue weighted by atomic mass is 10.0. The molecule has 1 fully saturated rings. The van der Waals surface area contributed by atoms with Gasteiger partial charge in [0.15, 0.2) is 0 Å². The van der Waals surface area contributed by atoms with Gasteiger partial charge in [-0.05, 0) is 44.2 Å². The fourth-order valence-corrected chi connectivity index (χ4v) is 2.13. The summed E-state index contributed by atoms with van der Waals surface area (Å²) in [5.41, 5.74) is 0.932. The maximum atomic E-state index is 13.4. The number of aliphatic hydroxyl groups excluding tert-OH is 1. The second kappa shape index (κ2) is 5.81. The van der Waals surface area contributed by atoms with Gasteiger partial charge in [0, 0.05) is 24.6 Å². The molecule has 0 amide bonds. The molecule has 1 saturated carbocycles. The van der Waals surface area contributed by atoms with Gasteiger partial charge in [-0.2, -0.15) is 0 Å². The number of hydrogen-bond donors (Lipinski definition) is 2. The van der Waals surface area contributed by atoms with Crippen molar-refractivity contribution in [2.75, 3.05) is 13.2 Å². The zero-order valence-corrected chi connectivity index (χ0v) is 11.0. The van der Waals surface area contributed by atoms with Gasteiger partial charge in [-0.3, -0.25) is 0 Å². The Hall–Kier alpha value is -0.930. The average molecular weight is 251 g/mol. The van der Waals surface area contributed by atoms with Gasteiger partial charge in [-0.1, -0.05) is 18.2 Å². The molecule has 0 spiro atoms. The van der Waals surface area contributed by atoms with Crippen LogP contribution in [0, 0.1) is 11.2 Å². The van der Waals surface area contributed by atoms with Gasteiger partial charge < -0.3 is 10.4 Å². The molecule has 1 unspecified atom stereocenters. The second-order valence-electron chi connectivity index (χ2n) is 5.57. The summed E-state index contributed by atoms with van der Waals surface area (Å²) in [5, 5.41) is 12.7. The Morgan fingerprint density at radius 2 is 2.11 bits per heavy atom. The molecule has 0 heterocycles. The third-order valence-electron chi connectivity index (χ3n) is 3.92. The van der Waals surface area contributed by atoms with Crippen LogP contribution < -0.4 is 5.32 Å². The molecule has 1 aromatic rings. The molecule has 2 nitrogen and oxygen atoms in total. The van der Waals surface area contributed by atoms with E-state index in [0.717, 1.165) is 37.8 Å². The van der Waals surface area contributed by atoms with E-state index in [4.69, 9.17) is 0 Å². The van der Waals surface area contributed by atoms with Gasteiger partial charge in [0.1, 0.15) is 5.82 Å². The molecule has 1 aromatic carbocycles. The lowest BCUT2D eigenvalue weighted by molar-refractivity contribution is 0.204. The number of aryl methyl sites for hydroxylation is 1. The van der Waals surface area contributed by atoms with Crippen LogP contribution in [0.25, 0.3) is 0 Å². The Balaban J connectivity index is 1.72. The third-order valence-corrected chi connectivity index (χ3v) is 3.92. The summed E-state index contributed by atoms with van der Waals surface area (Å²) >= 11 is 0. The minimum absolute atomic E-state index is 0.112. The molecule has 0 saturated heterocycles. The van der Waals surface area contributed by atoms with Crippen molar-refractivity contribution in [3.05, 3.63) is 35.6 Å². The van der Waals surface area contributed by atoms with E-state index < -0.39 is 0 Å². The van der Waals surface area contributed by atoms with Crippen molar-refractivity contribution >= 4 is 0 Å². The van der Waals surface area contributed by atoms with Crippen molar-refractivity contribution in [1.29, 1.82) is 0 Å². The summed E-state index contributed by atoms with van der Waals surface area (Å²) in [7, 11) is 0. The Bertz CT molecular complexity index is 390. The molecular weight excluding hydrogens is 229 g/mol. The van der Waals surface area contributed by atoms with Crippen molar-refractivity contribution in [2.24, 2.45) is 5.41 Å². The number of benzene rings is 1. The Kier molecular flexibility index (Phi) is 4.36. The van der Waals surface area contributed by atoms with Gasteiger partial charge in [0.2, 0.25) is 0 Å². The highest BCUT2D eigenvalue weighted by atomic mass is 19.1. The average Bonchev–Trinajstić information content (AvgIpc) is 3.16. The van der Waals surface area contributed by atoms with E-state index in [1.807, 2.05) is 12.1 Å². The topological polar surface area (TPSA) is 32.3 Å². The summed E-state index contributed by atoms with van der Waals surface area (Å²) in [6.07, 6.45) is 3.92. The van der Waals surface area contributed by atoms with Crippen LogP contribution in [0.1, 0.15) is 31.7 Å². The lowest BCUT2D eigenvalue weighted by Crippen LogP contribution is -2.33. The largest absolute Gasteiger partial charge is 0.396 e. The van der Waals surface area contributed by atoms with Crippen LogP contribution in [0.5, 0.6) is 0 Å². The fraction of sp³-hybridized carbons (Fsp3) is 0.600. The molecule has 0 aromatic heterocycles. The van der Waals surface area contributed by atoms with Crippen LogP contribution in [-0.2, 0) is 6.42 Å². The molecular formula is C15H22FNO. The van der Waals surface area contributed by atoms with Gasteiger partial charge in [0.25, 0.3) is 0 Å². The van der Waals surface area contributed by atoms with E-state index in [1.54, 1.807) is 6.07 Å². The standard InChI is InChI=1S/C15H22FNO/c1-12(17-10-15(11-18)8-9-15)6-7-13-4-2-3-5-14(13)16/h2-5,12,17-18H,6-11H2,1H3. The summed E-state index contributed by atoms with van der Waals surface area (Å²) < 4.78 is 13.4. The van der Waals surface area contributed by atoms with Crippen molar-refractivity contribution in [1.82, 2.24) is 5.32 Å². The zero-order chi connectivity index (χ0) is 13.0. The van der Waals surface area contributed by atoms with Gasteiger partial charge in [-0.15, -0.1) is 0 Å². The number of aliphatic hydroxyl groups is 1. The highest BCUT2D eigenvalue weighted by Crippen LogP contribution is 2.44. The van der Waals surface area contributed by atoms with E-state index in [0.29, 0.717) is 6.04 Å². The minimum atomic E-state index is -0.112.